The maximum atomic E-state index is 11.7. The fourth-order valence-electron chi connectivity index (χ4n) is 1.64. The summed E-state index contributed by atoms with van der Waals surface area (Å²) in [6.45, 7) is 2.63. The molecular weight excluding hydrogens is 297 g/mol. The standard InChI is InChI=1S/C14H21Cl2N3O/c1-19(2)9-3-7-17-8-6-14(20)18-11-4-5-12(15)13(16)10-11/h4-5,10,17H,3,6-9H2,1-2H3,(H,18,20). The third-order valence-electron chi connectivity index (χ3n) is 2.69. The molecule has 0 aliphatic heterocycles. The number of carbonyl (C=O) groups excluding carboxylic acids is 1. The first kappa shape index (κ1) is 17.2. The number of rotatable bonds is 8. The van der Waals surface area contributed by atoms with Crippen LogP contribution in [-0.2, 0) is 4.79 Å². The Morgan fingerprint density at radius 2 is 1.95 bits per heavy atom. The summed E-state index contributed by atoms with van der Waals surface area (Å²) in [5.41, 5.74) is 0.664. The van der Waals surface area contributed by atoms with E-state index in [9.17, 15) is 4.79 Å². The minimum atomic E-state index is -0.0384. The topological polar surface area (TPSA) is 44.4 Å². The zero-order chi connectivity index (χ0) is 15.0. The summed E-state index contributed by atoms with van der Waals surface area (Å²) in [5.74, 6) is -0.0384. The van der Waals surface area contributed by atoms with E-state index in [0.29, 0.717) is 28.7 Å². The van der Waals surface area contributed by atoms with Crippen LogP contribution in [0.15, 0.2) is 18.2 Å². The highest BCUT2D eigenvalue weighted by Gasteiger charge is 2.04. The molecule has 0 radical (unpaired) electrons. The van der Waals surface area contributed by atoms with Crippen LogP contribution in [0.25, 0.3) is 0 Å². The number of benzene rings is 1. The van der Waals surface area contributed by atoms with Gasteiger partial charge in [-0.05, 0) is 51.8 Å². The van der Waals surface area contributed by atoms with Gasteiger partial charge in [0.15, 0.2) is 0 Å². The van der Waals surface area contributed by atoms with Gasteiger partial charge in [-0.25, -0.2) is 0 Å². The number of nitrogens with zero attached hydrogens (tertiary/aromatic N) is 1. The monoisotopic (exact) mass is 317 g/mol. The van der Waals surface area contributed by atoms with Gasteiger partial charge in [0, 0.05) is 18.7 Å². The van der Waals surface area contributed by atoms with Gasteiger partial charge in [0.2, 0.25) is 5.91 Å². The van der Waals surface area contributed by atoms with Gasteiger partial charge in [-0.3, -0.25) is 4.79 Å². The van der Waals surface area contributed by atoms with Crippen LogP contribution in [0.1, 0.15) is 12.8 Å². The lowest BCUT2D eigenvalue weighted by Crippen LogP contribution is -2.25. The highest BCUT2D eigenvalue weighted by atomic mass is 35.5. The smallest absolute Gasteiger partial charge is 0.225 e. The highest BCUT2D eigenvalue weighted by Crippen LogP contribution is 2.24. The molecule has 0 saturated carbocycles. The fraction of sp³-hybridized carbons (Fsp3) is 0.500. The zero-order valence-electron chi connectivity index (χ0n) is 11.9. The van der Waals surface area contributed by atoms with E-state index in [-0.39, 0.29) is 5.91 Å². The highest BCUT2D eigenvalue weighted by molar-refractivity contribution is 6.42. The van der Waals surface area contributed by atoms with Crippen molar-refractivity contribution in [2.75, 3.05) is 39.0 Å². The molecule has 0 saturated heterocycles. The summed E-state index contributed by atoms with van der Waals surface area (Å²) >= 11 is 11.7. The Morgan fingerprint density at radius 3 is 2.60 bits per heavy atom. The van der Waals surface area contributed by atoms with Gasteiger partial charge in [0.05, 0.1) is 10.0 Å². The number of halogens is 2. The van der Waals surface area contributed by atoms with Crippen molar-refractivity contribution in [3.63, 3.8) is 0 Å². The van der Waals surface area contributed by atoms with Crippen LogP contribution < -0.4 is 10.6 Å². The largest absolute Gasteiger partial charge is 0.326 e. The van der Waals surface area contributed by atoms with Crippen molar-refractivity contribution in [2.24, 2.45) is 0 Å². The maximum Gasteiger partial charge on any atom is 0.225 e. The normalized spacial score (nSPS) is 10.8. The Labute approximate surface area is 130 Å². The number of hydrogen-bond donors (Lipinski definition) is 2. The first-order chi connectivity index (χ1) is 9.49. The van der Waals surface area contributed by atoms with Crippen LogP contribution in [0.4, 0.5) is 5.69 Å². The van der Waals surface area contributed by atoms with Crippen molar-refractivity contribution in [2.45, 2.75) is 12.8 Å². The molecule has 20 heavy (non-hydrogen) atoms. The molecule has 0 heterocycles. The van der Waals surface area contributed by atoms with Crippen molar-refractivity contribution in [1.82, 2.24) is 10.2 Å². The minimum Gasteiger partial charge on any atom is -0.326 e. The molecule has 1 aromatic rings. The van der Waals surface area contributed by atoms with Crippen molar-refractivity contribution in [3.8, 4) is 0 Å². The lowest BCUT2D eigenvalue weighted by molar-refractivity contribution is -0.116. The maximum absolute atomic E-state index is 11.7. The molecule has 1 rings (SSSR count). The molecule has 0 fully saturated rings. The number of amides is 1. The van der Waals surface area contributed by atoms with Gasteiger partial charge in [-0.2, -0.15) is 0 Å². The fourth-order valence-corrected chi connectivity index (χ4v) is 1.94. The summed E-state index contributed by atoms with van der Waals surface area (Å²) in [6.07, 6.45) is 1.50. The second kappa shape index (κ2) is 9.19. The van der Waals surface area contributed by atoms with Crippen molar-refractivity contribution in [3.05, 3.63) is 28.2 Å². The molecule has 0 atom stereocenters. The van der Waals surface area contributed by atoms with Gasteiger partial charge < -0.3 is 15.5 Å². The molecule has 0 bridgehead atoms. The van der Waals surface area contributed by atoms with Crippen LogP contribution in [0.2, 0.25) is 10.0 Å². The summed E-state index contributed by atoms with van der Waals surface area (Å²) in [7, 11) is 4.09. The van der Waals surface area contributed by atoms with E-state index >= 15 is 0 Å². The van der Waals surface area contributed by atoms with Crippen LogP contribution in [0.3, 0.4) is 0 Å². The number of carbonyl (C=O) groups is 1. The average molecular weight is 318 g/mol. The molecule has 0 aliphatic rings. The van der Waals surface area contributed by atoms with Gasteiger partial charge in [-0.1, -0.05) is 23.2 Å². The number of anilines is 1. The lowest BCUT2D eigenvalue weighted by atomic mass is 10.3. The van der Waals surface area contributed by atoms with E-state index in [1.807, 2.05) is 14.1 Å². The van der Waals surface area contributed by atoms with E-state index < -0.39 is 0 Å². The van der Waals surface area contributed by atoms with Crippen molar-refractivity contribution >= 4 is 34.8 Å². The molecule has 1 aromatic carbocycles. The van der Waals surface area contributed by atoms with Crippen LogP contribution in [0, 0.1) is 0 Å². The van der Waals surface area contributed by atoms with Gasteiger partial charge >= 0.3 is 0 Å². The van der Waals surface area contributed by atoms with E-state index in [0.717, 1.165) is 19.5 Å². The molecule has 0 aromatic heterocycles. The third-order valence-corrected chi connectivity index (χ3v) is 3.43. The molecule has 0 spiro atoms. The second-order valence-electron chi connectivity index (χ2n) is 4.83. The summed E-state index contributed by atoms with van der Waals surface area (Å²) in [6, 6.07) is 5.04. The zero-order valence-corrected chi connectivity index (χ0v) is 13.4. The predicted molar refractivity (Wildman–Crippen MR) is 85.7 cm³/mol. The first-order valence-electron chi connectivity index (χ1n) is 6.59. The molecule has 4 nitrogen and oxygen atoms in total. The summed E-state index contributed by atoms with van der Waals surface area (Å²) < 4.78 is 0. The van der Waals surface area contributed by atoms with Gasteiger partial charge in [-0.15, -0.1) is 0 Å². The van der Waals surface area contributed by atoms with E-state index in [2.05, 4.69) is 15.5 Å². The predicted octanol–water partition coefficient (Wildman–Crippen LogP) is 2.86. The SMILES string of the molecule is CN(C)CCCNCCC(=O)Nc1ccc(Cl)c(Cl)c1. The van der Waals surface area contributed by atoms with E-state index in [1.54, 1.807) is 18.2 Å². The number of nitrogens with one attached hydrogen (secondary N) is 2. The Kier molecular flexibility index (Phi) is 7.92. The van der Waals surface area contributed by atoms with Crippen molar-refractivity contribution in [1.29, 1.82) is 0 Å². The number of hydrogen-bond acceptors (Lipinski definition) is 3. The Bertz CT molecular complexity index is 438. The van der Waals surface area contributed by atoms with Gasteiger partial charge in [0.25, 0.3) is 0 Å². The Morgan fingerprint density at radius 1 is 1.20 bits per heavy atom. The quantitative estimate of drug-likeness (QED) is 0.725. The van der Waals surface area contributed by atoms with Crippen LogP contribution in [0.5, 0.6) is 0 Å². The molecule has 6 heteroatoms. The minimum absolute atomic E-state index is 0.0384. The van der Waals surface area contributed by atoms with Crippen LogP contribution >= 0.6 is 23.2 Å². The lowest BCUT2D eigenvalue weighted by Gasteiger charge is -2.10. The molecule has 0 unspecified atom stereocenters. The van der Waals surface area contributed by atoms with E-state index in [1.165, 1.54) is 0 Å². The summed E-state index contributed by atoms with van der Waals surface area (Å²) in [5, 5.41) is 6.95. The second-order valence-corrected chi connectivity index (χ2v) is 5.65. The molecule has 1 amide bonds. The van der Waals surface area contributed by atoms with Gasteiger partial charge in [0.1, 0.15) is 0 Å². The van der Waals surface area contributed by atoms with Crippen molar-refractivity contribution < 1.29 is 4.79 Å². The Hall–Kier alpha value is -0.810. The van der Waals surface area contributed by atoms with E-state index in [4.69, 9.17) is 23.2 Å². The third kappa shape index (κ3) is 7.10. The molecular formula is C14H21Cl2N3O. The average Bonchev–Trinajstić information content (AvgIpc) is 2.38. The molecule has 2 N–H and O–H groups in total. The van der Waals surface area contributed by atoms with Crippen LogP contribution in [-0.4, -0.2) is 44.5 Å². The Balaban J connectivity index is 2.18. The first-order valence-corrected chi connectivity index (χ1v) is 7.35. The molecule has 112 valence electrons. The summed E-state index contributed by atoms with van der Waals surface area (Å²) in [4.78, 5) is 13.9. The molecule has 0 aliphatic carbocycles.